The summed E-state index contributed by atoms with van der Waals surface area (Å²) in [5.41, 5.74) is 7.33. The Bertz CT molecular complexity index is 4450. The van der Waals surface area contributed by atoms with Crippen molar-refractivity contribution in [2.75, 3.05) is 118 Å². The van der Waals surface area contributed by atoms with E-state index < -0.39 is 129 Å². The van der Waals surface area contributed by atoms with Gasteiger partial charge in [-0.1, -0.05) is 39.0 Å². The number of urea groups is 4. The van der Waals surface area contributed by atoms with E-state index in [0.29, 0.717) is 54.2 Å². The molecule has 600 valence electrons. The van der Waals surface area contributed by atoms with E-state index in [9.17, 15) is 65.3 Å². The van der Waals surface area contributed by atoms with Gasteiger partial charge in [-0.25, -0.2) is 50.6 Å². The summed E-state index contributed by atoms with van der Waals surface area (Å²) in [6.07, 6.45) is 3.43. The maximum absolute atomic E-state index is 15.2. The first-order valence-electron chi connectivity index (χ1n) is 35.3. The van der Waals surface area contributed by atoms with Gasteiger partial charge in [-0.05, 0) is 128 Å². The second-order valence-corrected chi connectivity index (χ2v) is 29.3. The first-order valence-corrected chi connectivity index (χ1v) is 38.8. The fourth-order valence-corrected chi connectivity index (χ4v) is 13.0. The van der Waals surface area contributed by atoms with Crippen molar-refractivity contribution < 1.29 is 98.1 Å². The van der Waals surface area contributed by atoms with Gasteiger partial charge in [-0.3, -0.25) is 28.7 Å². The van der Waals surface area contributed by atoms with Crippen molar-refractivity contribution in [3.8, 4) is 22.8 Å². The van der Waals surface area contributed by atoms with Gasteiger partial charge in [0.25, 0.3) is 15.9 Å². The average molecular weight is 1590 g/mol. The molecule has 35 nitrogen and oxygen atoms in total. The maximum Gasteiger partial charge on any atom is 0.319 e. The van der Waals surface area contributed by atoms with E-state index in [1.807, 2.05) is 6.92 Å². The second kappa shape index (κ2) is 44.3. The molecule has 2 heterocycles. The number of halogens is 2. The Morgan fingerprint density at radius 3 is 2.05 bits per heavy atom. The van der Waals surface area contributed by atoms with Crippen molar-refractivity contribution >= 4 is 108 Å². The zero-order valence-corrected chi connectivity index (χ0v) is 63.0. The van der Waals surface area contributed by atoms with Crippen molar-refractivity contribution in [1.29, 1.82) is 0 Å². The number of carboxylic acids is 1. The van der Waals surface area contributed by atoms with Gasteiger partial charge in [0.05, 0.1) is 91.9 Å². The zero-order valence-electron chi connectivity index (χ0n) is 61.4. The minimum absolute atomic E-state index is 0.00689. The SMILES string of the molecule is CCCNC(=O)Nc1cccc(S(=O)(=O)Nc2cccc(C(CC(=O)O)NC(=O)Nc3ccc(NC(=O)NCCOCCOCCOCCC(=O)NC(C(=O)NC(CCCNC(N)=O)C(=O)NCOCC(=O)N=S(C)(=O)Cc4cc5cc(c4)OCCCCOc4cc(F)ccc4-c4nc(ncc4F)N5)C(C)C)cc3)c2)c1. The van der Waals surface area contributed by atoms with Gasteiger partial charge in [-0.2, -0.15) is 4.36 Å². The van der Waals surface area contributed by atoms with Crippen LogP contribution in [0, 0.1) is 17.6 Å². The summed E-state index contributed by atoms with van der Waals surface area (Å²) >= 11 is 0. The number of primary amides is 1. The summed E-state index contributed by atoms with van der Waals surface area (Å²) in [6.45, 7) is 5.76. The van der Waals surface area contributed by atoms with Gasteiger partial charge in [0, 0.05) is 78.4 Å². The number of hydrogen-bond donors (Lipinski definition) is 14. The van der Waals surface area contributed by atoms with Gasteiger partial charge in [-0.15, -0.1) is 0 Å². The highest BCUT2D eigenvalue weighted by Gasteiger charge is 2.30. The molecule has 0 saturated carbocycles. The number of carbonyl (C=O) groups excluding carboxylic acids is 8. The van der Waals surface area contributed by atoms with Crippen molar-refractivity contribution in [2.24, 2.45) is 16.0 Å². The van der Waals surface area contributed by atoms with Crippen LogP contribution >= 0.6 is 0 Å². The largest absolute Gasteiger partial charge is 0.494 e. The van der Waals surface area contributed by atoms with E-state index in [-0.39, 0.29) is 136 Å². The predicted molar refractivity (Wildman–Crippen MR) is 406 cm³/mol. The predicted octanol–water partition coefficient (Wildman–Crippen LogP) is 6.94. The molecular formula is C72H92F2N16O19S2. The van der Waals surface area contributed by atoms with Crippen LogP contribution in [0.2, 0.25) is 0 Å². The summed E-state index contributed by atoms with van der Waals surface area (Å²) in [5.74, 6) is -5.75. The summed E-state index contributed by atoms with van der Waals surface area (Å²) in [7, 11) is -7.48. The third kappa shape index (κ3) is 31.3. The number of carboxylic acid groups (broad SMARTS) is 1. The van der Waals surface area contributed by atoms with E-state index in [1.165, 1.54) is 85.1 Å². The number of carbonyl (C=O) groups is 9. The Kier molecular flexibility index (Phi) is 34.7. The summed E-state index contributed by atoms with van der Waals surface area (Å²) in [5, 5.41) is 38.6. The third-order valence-electron chi connectivity index (χ3n) is 15.7. The first-order chi connectivity index (χ1) is 53.1. The highest BCUT2D eigenvalue weighted by atomic mass is 32.2. The molecule has 15 N–H and O–H groups in total. The van der Waals surface area contributed by atoms with Crippen molar-refractivity contribution in [3.63, 3.8) is 0 Å². The molecule has 0 fully saturated rings. The number of nitrogens with zero attached hydrogens (tertiary/aromatic N) is 3. The number of amides is 12. The molecule has 4 atom stereocenters. The summed E-state index contributed by atoms with van der Waals surface area (Å²) in [4.78, 5) is 123. The van der Waals surface area contributed by atoms with E-state index in [4.69, 9.17) is 34.2 Å². The molecule has 1 aliphatic rings. The van der Waals surface area contributed by atoms with E-state index in [1.54, 1.807) is 32.0 Å². The summed E-state index contributed by atoms with van der Waals surface area (Å²) in [6, 6.07) is 20.0. The van der Waals surface area contributed by atoms with Crippen LogP contribution < -0.4 is 78.4 Å². The molecule has 6 aromatic rings. The molecule has 0 saturated heterocycles. The highest BCUT2D eigenvalue weighted by Crippen LogP contribution is 2.34. The number of fused-ring (bicyclic) bond motifs is 6. The Balaban J connectivity index is 0.761. The minimum Gasteiger partial charge on any atom is -0.494 e. The standard InChI is InChI=1S/C72H92F2N16O19S2/c1-5-23-77-70(98)84-51-12-9-14-55(39-51)111(102,103)89-52-13-8-11-47(36-52)59(40-63(93)94)86-72(100)83-50-19-17-49(18-20-50)82-71(99)78-25-29-105-31-33-106-32-30-104-28-22-61(91)87-64(45(2)3)67(96)85-58(15-10-24-76-68(75)97)66(95)80-44-107-42-62(92)90-110(4,101)43-46-34-53-38-54(35-46)108-26-6-7-27-109-60-37-48(73)16-21-56(60)65-57(74)41-79-69(81-53)88-65/h8-9,11-14,16-21,34-39,41,45,58-59,64,89H,5-7,10,15,22-33,40,42-44H2,1-4H3,(H,80,95)(H,85,96)(H,87,91)(H,93,94)(H3,75,76,97)(H2,77,84,98)(H2,78,82,99)(H,79,81,88)(H2,83,86,100). The molecule has 5 aromatic carbocycles. The van der Waals surface area contributed by atoms with Crippen molar-refractivity contribution in [2.45, 2.75) is 94.5 Å². The Hall–Kier alpha value is -11.4. The molecule has 12 amide bonds. The van der Waals surface area contributed by atoms with Crippen molar-refractivity contribution in [1.82, 2.24) is 47.2 Å². The molecular weight excluding hydrogens is 1500 g/mol. The number of hydrogen-bond acceptors (Lipinski definition) is 21. The minimum atomic E-state index is -4.19. The van der Waals surface area contributed by atoms with Gasteiger partial charge >= 0.3 is 30.1 Å². The monoisotopic (exact) mass is 1590 g/mol. The number of aliphatic carboxylic acids is 1. The lowest BCUT2D eigenvalue weighted by Crippen LogP contribution is -2.55. The number of benzene rings is 5. The van der Waals surface area contributed by atoms with Gasteiger partial charge < -0.3 is 97.7 Å². The summed E-state index contributed by atoms with van der Waals surface area (Å²) < 4.78 is 110. The highest BCUT2D eigenvalue weighted by molar-refractivity contribution is 7.93. The average Bonchev–Trinajstić information content (AvgIpc) is 1.22. The molecule has 111 heavy (non-hydrogen) atoms. The van der Waals surface area contributed by atoms with E-state index in [0.717, 1.165) is 18.3 Å². The van der Waals surface area contributed by atoms with Crippen LogP contribution in [0.4, 0.5) is 62.3 Å². The number of sulfonamides is 1. The Labute approximate surface area is 639 Å². The number of nitrogens with one attached hydrogen (secondary N) is 12. The van der Waals surface area contributed by atoms with Gasteiger partial charge in [0.2, 0.25) is 23.7 Å². The molecule has 0 radical (unpaired) electrons. The first kappa shape index (κ1) is 86.8. The lowest BCUT2D eigenvalue weighted by molar-refractivity contribution is -0.137. The van der Waals surface area contributed by atoms with Gasteiger partial charge in [0.1, 0.15) is 48.4 Å². The smallest absolute Gasteiger partial charge is 0.319 e. The molecule has 1 aliphatic heterocycles. The Morgan fingerprint density at radius 1 is 0.685 bits per heavy atom. The molecule has 4 unspecified atom stereocenters. The molecule has 7 rings (SSSR count). The number of anilines is 6. The number of ether oxygens (including phenoxy) is 6. The second-order valence-electron chi connectivity index (χ2n) is 25.3. The zero-order chi connectivity index (χ0) is 80.3. The molecule has 0 aliphatic carbocycles. The fourth-order valence-electron chi connectivity index (χ4n) is 10.5. The van der Waals surface area contributed by atoms with E-state index >= 15 is 4.39 Å². The number of nitrogens with two attached hydrogens (primary N) is 1. The van der Waals surface area contributed by atoms with Crippen LogP contribution in [0.25, 0.3) is 11.3 Å². The van der Waals surface area contributed by atoms with Crippen LogP contribution in [0.3, 0.4) is 0 Å². The topological polar surface area (TPSA) is 489 Å². The van der Waals surface area contributed by atoms with Crippen LogP contribution in [-0.4, -0.2) is 186 Å². The van der Waals surface area contributed by atoms with Crippen LogP contribution in [-0.2, 0) is 68.4 Å². The number of aromatic nitrogens is 2. The molecule has 39 heteroatoms. The quantitative estimate of drug-likeness (QED) is 0.0137. The molecule has 4 bridgehead atoms. The van der Waals surface area contributed by atoms with Crippen LogP contribution in [0.1, 0.15) is 82.9 Å². The lowest BCUT2D eigenvalue weighted by atomic mass is 10.0. The third-order valence-corrected chi connectivity index (χ3v) is 18.6. The molecule has 0 spiro atoms. The maximum atomic E-state index is 15.2. The van der Waals surface area contributed by atoms with E-state index in [2.05, 4.69) is 77.5 Å². The Morgan fingerprint density at radius 2 is 1.35 bits per heavy atom. The van der Waals surface area contributed by atoms with Crippen LogP contribution in [0.15, 0.2) is 125 Å². The fraction of sp³-hybridized carbons (Fsp3) is 0.403. The molecule has 1 aromatic heterocycles. The van der Waals surface area contributed by atoms with Crippen LogP contribution in [0.5, 0.6) is 11.5 Å². The number of rotatable bonds is 39. The van der Waals surface area contributed by atoms with Crippen molar-refractivity contribution in [3.05, 3.63) is 138 Å². The van der Waals surface area contributed by atoms with Gasteiger partial charge in [0.15, 0.2) is 5.82 Å². The normalized spacial score (nSPS) is 13.3. The lowest BCUT2D eigenvalue weighted by Gasteiger charge is -2.25.